The number of hydrogen-bond donors (Lipinski definition) is 1. The van der Waals surface area contributed by atoms with Crippen molar-refractivity contribution < 1.29 is 23.7 Å². The van der Waals surface area contributed by atoms with Gasteiger partial charge in [0.2, 0.25) is 0 Å². The van der Waals surface area contributed by atoms with Gasteiger partial charge in [-0.2, -0.15) is 0 Å². The van der Waals surface area contributed by atoms with Gasteiger partial charge in [-0.05, 0) is 54.3 Å². The number of carbonyl (C=O) groups is 1. The van der Waals surface area contributed by atoms with Crippen LogP contribution in [0.3, 0.4) is 0 Å². The minimum absolute atomic E-state index is 0.0587. The summed E-state index contributed by atoms with van der Waals surface area (Å²) in [7, 11) is 3.13. The van der Waals surface area contributed by atoms with Crippen LogP contribution in [-0.2, 0) is 12.0 Å². The van der Waals surface area contributed by atoms with E-state index < -0.39 is 0 Å². The van der Waals surface area contributed by atoms with Crippen molar-refractivity contribution in [1.82, 2.24) is 0 Å². The van der Waals surface area contributed by atoms with Gasteiger partial charge >= 0.3 is 0 Å². The Bertz CT molecular complexity index is 1130. The molecule has 0 fully saturated rings. The fourth-order valence-electron chi connectivity index (χ4n) is 3.60. The minimum Gasteiger partial charge on any atom is -0.497 e. The van der Waals surface area contributed by atoms with Crippen LogP contribution in [0.15, 0.2) is 60.7 Å². The van der Waals surface area contributed by atoms with Gasteiger partial charge in [0.25, 0.3) is 5.91 Å². The van der Waals surface area contributed by atoms with Crippen LogP contribution >= 0.6 is 0 Å². The first-order valence-corrected chi connectivity index (χ1v) is 11.3. The fraction of sp³-hybridized carbons (Fsp3) is 0.321. The molecule has 6 heteroatoms. The summed E-state index contributed by atoms with van der Waals surface area (Å²) in [4.78, 5) is 13.1. The standard InChI is InChI=1S/C28H33NO5/c1-7-33-24-14-12-19(27(30)29-23-17-21(31-5)13-15-26(23)32-6)16-20(24)18-34-25-11-9-8-10-22(25)28(2,3)4/h8-17H,7,18H2,1-6H3,(H,29,30). The maximum atomic E-state index is 13.1. The summed E-state index contributed by atoms with van der Waals surface area (Å²) < 4.78 is 22.6. The highest BCUT2D eigenvalue weighted by Crippen LogP contribution is 2.33. The third kappa shape index (κ3) is 6.01. The molecule has 0 saturated carbocycles. The number of para-hydroxylation sites is 1. The molecule has 0 unspecified atom stereocenters. The summed E-state index contributed by atoms with van der Waals surface area (Å²) >= 11 is 0. The summed E-state index contributed by atoms with van der Waals surface area (Å²) in [5, 5.41) is 2.91. The molecule has 34 heavy (non-hydrogen) atoms. The summed E-state index contributed by atoms with van der Waals surface area (Å²) in [5.74, 6) is 2.39. The van der Waals surface area contributed by atoms with Gasteiger partial charge in [-0.15, -0.1) is 0 Å². The van der Waals surface area contributed by atoms with Crippen molar-refractivity contribution in [3.8, 4) is 23.0 Å². The fourth-order valence-corrected chi connectivity index (χ4v) is 3.60. The quantitative estimate of drug-likeness (QED) is 0.407. The van der Waals surface area contributed by atoms with Gasteiger partial charge in [0.15, 0.2) is 0 Å². The number of anilines is 1. The molecular weight excluding hydrogens is 430 g/mol. The van der Waals surface area contributed by atoms with E-state index in [0.717, 1.165) is 16.9 Å². The number of hydrogen-bond acceptors (Lipinski definition) is 5. The minimum atomic E-state index is -0.272. The van der Waals surface area contributed by atoms with E-state index in [1.165, 1.54) is 0 Å². The van der Waals surface area contributed by atoms with Crippen molar-refractivity contribution in [2.75, 3.05) is 26.1 Å². The second-order valence-electron chi connectivity index (χ2n) is 8.81. The van der Waals surface area contributed by atoms with Gasteiger partial charge in [-0.1, -0.05) is 39.0 Å². The number of benzene rings is 3. The molecular formula is C28H33NO5. The lowest BCUT2D eigenvalue weighted by Gasteiger charge is -2.23. The van der Waals surface area contributed by atoms with Gasteiger partial charge in [0.05, 0.1) is 26.5 Å². The van der Waals surface area contributed by atoms with Gasteiger partial charge < -0.3 is 24.3 Å². The number of amides is 1. The maximum absolute atomic E-state index is 13.1. The van der Waals surface area contributed by atoms with E-state index in [0.29, 0.717) is 35.1 Å². The zero-order valence-corrected chi connectivity index (χ0v) is 20.7. The van der Waals surface area contributed by atoms with Crippen LogP contribution in [0.5, 0.6) is 23.0 Å². The second kappa shape index (κ2) is 11.0. The molecule has 0 aliphatic rings. The van der Waals surface area contributed by atoms with Crippen LogP contribution in [0.2, 0.25) is 0 Å². The van der Waals surface area contributed by atoms with E-state index in [1.807, 2.05) is 25.1 Å². The molecule has 0 saturated heterocycles. The Morgan fingerprint density at radius 1 is 0.853 bits per heavy atom. The highest BCUT2D eigenvalue weighted by molar-refractivity contribution is 6.05. The lowest BCUT2D eigenvalue weighted by Crippen LogP contribution is -2.15. The third-order valence-corrected chi connectivity index (χ3v) is 5.36. The monoisotopic (exact) mass is 463 g/mol. The van der Waals surface area contributed by atoms with Crippen LogP contribution in [0.4, 0.5) is 5.69 Å². The summed E-state index contributed by atoms with van der Waals surface area (Å²) in [6.07, 6.45) is 0. The number of ether oxygens (including phenoxy) is 4. The molecule has 3 aromatic rings. The molecule has 0 aliphatic heterocycles. The van der Waals surface area contributed by atoms with Crippen molar-refractivity contribution in [3.05, 3.63) is 77.4 Å². The van der Waals surface area contributed by atoms with Crippen LogP contribution in [-0.4, -0.2) is 26.7 Å². The Morgan fingerprint density at radius 3 is 2.26 bits per heavy atom. The van der Waals surface area contributed by atoms with Crippen LogP contribution in [0.25, 0.3) is 0 Å². The van der Waals surface area contributed by atoms with Crippen molar-refractivity contribution >= 4 is 11.6 Å². The van der Waals surface area contributed by atoms with E-state index in [-0.39, 0.29) is 17.9 Å². The van der Waals surface area contributed by atoms with Crippen molar-refractivity contribution in [2.24, 2.45) is 0 Å². The van der Waals surface area contributed by atoms with Gasteiger partial charge in [0.1, 0.15) is 29.6 Å². The Labute approximate surface area is 201 Å². The highest BCUT2D eigenvalue weighted by Gasteiger charge is 2.19. The highest BCUT2D eigenvalue weighted by atomic mass is 16.5. The first-order chi connectivity index (χ1) is 16.3. The normalized spacial score (nSPS) is 11.0. The number of carbonyl (C=O) groups excluding carboxylic acids is 1. The molecule has 6 nitrogen and oxygen atoms in total. The summed E-state index contributed by atoms with van der Waals surface area (Å²) in [5.41, 5.74) is 2.85. The number of methoxy groups -OCH3 is 2. The largest absolute Gasteiger partial charge is 0.497 e. The molecule has 1 amide bonds. The Morgan fingerprint density at radius 2 is 1.59 bits per heavy atom. The van der Waals surface area contributed by atoms with Crippen molar-refractivity contribution in [2.45, 2.75) is 39.7 Å². The molecule has 0 aromatic heterocycles. The molecule has 3 aromatic carbocycles. The van der Waals surface area contributed by atoms with E-state index >= 15 is 0 Å². The van der Waals surface area contributed by atoms with Crippen LogP contribution in [0, 0.1) is 0 Å². The molecule has 180 valence electrons. The molecule has 0 radical (unpaired) electrons. The van der Waals surface area contributed by atoms with Crippen LogP contribution in [0.1, 0.15) is 49.2 Å². The molecule has 1 N–H and O–H groups in total. The average Bonchev–Trinajstić information content (AvgIpc) is 2.83. The molecule has 3 rings (SSSR count). The Kier molecular flexibility index (Phi) is 8.05. The molecule has 0 spiro atoms. The smallest absolute Gasteiger partial charge is 0.255 e. The molecule has 0 heterocycles. The molecule has 0 bridgehead atoms. The zero-order chi connectivity index (χ0) is 24.7. The lowest BCUT2D eigenvalue weighted by atomic mass is 9.86. The van der Waals surface area contributed by atoms with E-state index in [2.05, 4.69) is 32.2 Å². The first kappa shape index (κ1) is 25.0. The predicted molar refractivity (Wildman–Crippen MR) is 135 cm³/mol. The Hall–Kier alpha value is -3.67. The SMILES string of the molecule is CCOc1ccc(C(=O)Nc2cc(OC)ccc2OC)cc1COc1ccccc1C(C)(C)C. The maximum Gasteiger partial charge on any atom is 0.255 e. The second-order valence-corrected chi connectivity index (χ2v) is 8.81. The van der Waals surface area contributed by atoms with Gasteiger partial charge in [-0.3, -0.25) is 4.79 Å². The molecule has 0 aliphatic carbocycles. The van der Waals surface area contributed by atoms with E-state index in [1.54, 1.807) is 50.6 Å². The summed E-state index contributed by atoms with van der Waals surface area (Å²) in [6, 6.07) is 18.6. The zero-order valence-electron chi connectivity index (χ0n) is 20.7. The van der Waals surface area contributed by atoms with Crippen LogP contribution < -0.4 is 24.3 Å². The van der Waals surface area contributed by atoms with Gasteiger partial charge in [0, 0.05) is 17.2 Å². The first-order valence-electron chi connectivity index (χ1n) is 11.3. The van der Waals surface area contributed by atoms with Crippen molar-refractivity contribution in [3.63, 3.8) is 0 Å². The lowest BCUT2D eigenvalue weighted by molar-refractivity contribution is 0.102. The van der Waals surface area contributed by atoms with Crippen molar-refractivity contribution in [1.29, 1.82) is 0 Å². The van der Waals surface area contributed by atoms with E-state index in [4.69, 9.17) is 18.9 Å². The Balaban J connectivity index is 1.86. The topological polar surface area (TPSA) is 66.0 Å². The third-order valence-electron chi connectivity index (χ3n) is 5.36. The number of rotatable bonds is 9. The van der Waals surface area contributed by atoms with E-state index in [9.17, 15) is 4.79 Å². The average molecular weight is 464 g/mol. The summed E-state index contributed by atoms with van der Waals surface area (Å²) in [6.45, 7) is 9.16. The molecule has 0 atom stereocenters. The predicted octanol–water partition coefficient (Wildman–Crippen LogP) is 6.23. The number of nitrogens with one attached hydrogen (secondary N) is 1. The van der Waals surface area contributed by atoms with Gasteiger partial charge in [-0.25, -0.2) is 0 Å².